The average molecular weight is 338 g/mol. The lowest BCUT2D eigenvalue weighted by Crippen LogP contribution is -2.34. The van der Waals surface area contributed by atoms with Crippen LogP contribution in [0.1, 0.15) is 32.1 Å². The van der Waals surface area contributed by atoms with Crippen molar-refractivity contribution in [2.24, 2.45) is 0 Å². The summed E-state index contributed by atoms with van der Waals surface area (Å²) in [5, 5.41) is 3.56. The molecule has 6 heteroatoms. The molecule has 1 atom stereocenters. The number of piperidine rings is 1. The second-order valence-electron chi connectivity index (χ2n) is 5.66. The number of rotatable bonds is 6. The lowest BCUT2D eigenvalue weighted by Gasteiger charge is -2.23. The van der Waals surface area contributed by atoms with Crippen LogP contribution in [0.4, 0.5) is 0 Å². The number of hydrogen-bond donors (Lipinski definition) is 1. The van der Waals surface area contributed by atoms with E-state index in [2.05, 4.69) is 15.3 Å². The topological polar surface area (TPSA) is 56.3 Å². The van der Waals surface area contributed by atoms with Crippen LogP contribution in [-0.2, 0) is 0 Å². The van der Waals surface area contributed by atoms with Gasteiger partial charge < -0.3 is 14.8 Å². The highest BCUT2D eigenvalue weighted by molar-refractivity contribution is 5.85. The van der Waals surface area contributed by atoms with E-state index in [0.717, 1.165) is 30.4 Å². The third-order valence-electron chi connectivity index (χ3n) is 4.05. The van der Waals surface area contributed by atoms with Crippen LogP contribution >= 0.6 is 12.4 Å². The number of para-hydroxylation sites is 2. The number of methoxy groups -OCH3 is 1. The molecule has 0 amide bonds. The summed E-state index contributed by atoms with van der Waals surface area (Å²) in [4.78, 5) is 8.95. The first kappa shape index (κ1) is 17.8. The Balaban J connectivity index is 0.00000192. The smallest absolute Gasteiger partial charge is 0.278 e. The molecule has 5 nitrogen and oxygen atoms in total. The van der Waals surface area contributed by atoms with Crippen LogP contribution in [0.3, 0.4) is 0 Å². The first-order valence-corrected chi connectivity index (χ1v) is 8.04. The monoisotopic (exact) mass is 337 g/mol. The number of benzene rings is 1. The van der Waals surface area contributed by atoms with Gasteiger partial charge in [0.15, 0.2) is 0 Å². The lowest BCUT2D eigenvalue weighted by atomic mass is 10.0. The molecule has 2 heterocycles. The highest BCUT2D eigenvalue weighted by Gasteiger charge is 2.13. The maximum atomic E-state index is 5.80. The first-order valence-electron chi connectivity index (χ1n) is 8.04. The maximum Gasteiger partial charge on any atom is 0.278 e. The van der Waals surface area contributed by atoms with Gasteiger partial charge in [0.2, 0.25) is 0 Å². The van der Waals surface area contributed by atoms with Crippen LogP contribution in [0.25, 0.3) is 11.0 Å². The third kappa shape index (κ3) is 4.69. The summed E-state index contributed by atoms with van der Waals surface area (Å²) >= 11 is 0. The molecule has 1 aromatic heterocycles. The molecule has 0 spiro atoms. The molecule has 1 unspecified atom stereocenters. The van der Waals surface area contributed by atoms with Crippen molar-refractivity contribution < 1.29 is 9.47 Å². The molecular formula is C17H24ClN3O2. The largest absolute Gasteiger partial charge is 0.477 e. The van der Waals surface area contributed by atoms with Crippen molar-refractivity contribution in [1.29, 1.82) is 0 Å². The third-order valence-corrected chi connectivity index (χ3v) is 4.05. The molecule has 0 aliphatic carbocycles. The average Bonchev–Trinajstić information content (AvgIpc) is 2.59. The Morgan fingerprint density at radius 3 is 2.52 bits per heavy atom. The van der Waals surface area contributed by atoms with E-state index in [9.17, 15) is 0 Å². The summed E-state index contributed by atoms with van der Waals surface area (Å²) in [7, 11) is 1.59. The van der Waals surface area contributed by atoms with Gasteiger partial charge in [-0.2, -0.15) is 0 Å². The van der Waals surface area contributed by atoms with Gasteiger partial charge in [-0.05, 0) is 44.4 Å². The van der Waals surface area contributed by atoms with Gasteiger partial charge in [-0.15, -0.1) is 12.4 Å². The van der Waals surface area contributed by atoms with Crippen molar-refractivity contribution in [3.63, 3.8) is 0 Å². The zero-order valence-corrected chi connectivity index (χ0v) is 14.3. The van der Waals surface area contributed by atoms with E-state index in [-0.39, 0.29) is 12.4 Å². The molecule has 2 aromatic rings. The SMILES string of the molecule is COc1nc2ccccc2nc1OCCCC1CCCCN1.Cl. The standard InChI is InChI=1S/C17H23N3O2.ClH/c1-21-16-17(20-15-10-3-2-9-14(15)19-16)22-12-6-8-13-7-4-5-11-18-13;/h2-3,9-10,13,18H,4-8,11-12H2,1H3;1H. The fourth-order valence-electron chi connectivity index (χ4n) is 2.86. The van der Waals surface area contributed by atoms with Crippen LogP contribution in [0, 0.1) is 0 Å². The van der Waals surface area contributed by atoms with Crippen LogP contribution in [0.5, 0.6) is 11.8 Å². The van der Waals surface area contributed by atoms with E-state index >= 15 is 0 Å². The van der Waals surface area contributed by atoms with Gasteiger partial charge in [-0.1, -0.05) is 18.6 Å². The summed E-state index contributed by atoms with van der Waals surface area (Å²) in [6, 6.07) is 8.38. The lowest BCUT2D eigenvalue weighted by molar-refractivity contribution is 0.259. The van der Waals surface area contributed by atoms with Crippen LogP contribution in [0.15, 0.2) is 24.3 Å². The quantitative estimate of drug-likeness (QED) is 0.819. The number of hydrogen-bond acceptors (Lipinski definition) is 5. The molecule has 1 aromatic carbocycles. The fourth-order valence-corrected chi connectivity index (χ4v) is 2.86. The summed E-state index contributed by atoms with van der Waals surface area (Å²) < 4.78 is 11.1. The summed E-state index contributed by atoms with van der Waals surface area (Å²) in [6.07, 6.45) is 6.07. The van der Waals surface area contributed by atoms with Gasteiger partial charge in [0.25, 0.3) is 11.8 Å². The highest BCUT2D eigenvalue weighted by Crippen LogP contribution is 2.25. The van der Waals surface area contributed by atoms with Gasteiger partial charge >= 0.3 is 0 Å². The van der Waals surface area contributed by atoms with E-state index in [1.165, 1.54) is 19.3 Å². The molecule has 1 aliphatic heterocycles. The van der Waals surface area contributed by atoms with Crippen molar-refractivity contribution in [1.82, 2.24) is 15.3 Å². The number of fused-ring (bicyclic) bond motifs is 1. The van der Waals surface area contributed by atoms with Crippen LogP contribution in [0.2, 0.25) is 0 Å². The summed E-state index contributed by atoms with van der Waals surface area (Å²) in [5.74, 6) is 0.937. The van der Waals surface area contributed by atoms with E-state index in [0.29, 0.717) is 24.4 Å². The number of halogens is 1. The molecule has 0 saturated carbocycles. The molecule has 1 N–H and O–H groups in total. The Morgan fingerprint density at radius 1 is 1.13 bits per heavy atom. The van der Waals surface area contributed by atoms with Crippen LogP contribution < -0.4 is 14.8 Å². The van der Waals surface area contributed by atoms with Crippen molar-refractivity contribution >= 4 is 23.4 Å². The molecule has 0 bridgehead atoms. The maximum absolute atomic E-state index is 5.80. The molecule has 3 rings (SSSR count). The molecule has 1 aliphatic rings. The normalized spacial score (nSPS) is 17.5. The van der Waals surface area contributed by atoms with E-state index < -0.39 is 0 Å². The number of aromatic nitrogens is 2. The van der Waals surface area contributed by atoms with Crippen molar-refractivity contribution in [3.8, 4) is 11.8 Å². The van der Waals surface area contributed by atoms with E-state index in [1.807, 2.05) is 24.3 Å². The minimum absolute atomic E-state index is 0. The van der Waals surface area contributed by atoms with Gasteiger partial charge in [-0.3, -0.25) is 0 Å². The predicted octanol–water partition coefficient (Wildman–Crippen LogP) is 3.36. The number of nitrogens with one attached hydrogen (secondary N) is 1. The van der Waals surface area contributed by atoms with Gasteiger partial charge in [-0.25, -0.2) is 9.97 Å². The fraction of sp³-hybridized carbons (Fsp3) is 0.529. The summed E-state index contributed by atoms with van der Waals surface area (Å²) in [6.45, 7) is 1.79. The molecule has 126 valence electrons. The summed E-state index contributed by atoms with van der Waals surface area (Å²) in [5.41, 5.74) is 1.64. The van der Waals surface area contributed by atoms with Crippen molar-refractivity contribution in [2.75, 3.05) is 20.3 Å². The van der Waals surface area contributed by atoms with Gasteiger partial charge in [0, 0.05) is 6.04 Å². The Kier molecular flexibility index (Phi) is 6.86. The second-order valence-corrected chi connectivity index (χ2v) is 5.66. The molecule has 23 heavy (non-hydrogen) atoms. The minimum Gasteiger partial charge on any atom is -0.477 e. The van der Waals surface area contributed by atoms with Crippen LogP contribution in [-0.4, -0.2) is 36.3 Å². The Morgan fingerprint density at radius 2 is 1.87 bits per heavy atom. The first-order chi connectivity index (χ1) is 10.9. The second kappa shape index (κ2) is 8.89. The van der Waals surface area contributed by atoms with E-state index in [1.54, 1.807) is 7.11 Å². The Labute approximate surface area is 143 Å². The molecule has 1 fully saturated rings. The minimum atomic E-state index is 0. The molecule has 1 saturated heterocycles. The number of ether oxygens (including phenoxy) is 2. The molecular weight excluding hydrogens is 314 g/mol. The van der Waals surface area contributed by atoms with Crippen molar-refractivity contribution in [3.05, 3.63) is 24.3 Å². The predicted molar refractivity (Wildman–Crippen MR) is 93.7 cm³/mol. The number of nitrogens with zero attached hydrogens (tertiary/aromatic N) is 2. The highest BCUT2D eigenvalue weighted by atomic mass is 35.5. The van der Waals surface area contributed by atoms with Gasteiger partial charge in [0.1, 0.15) is 0 Å². The zero-order chi connectivity index (χ0) is 15.2. The Bertz CT molecular complexity index is 618. The van der Waals surface area contributed by atoms with E-state index in [4.69, 9.17) is 9.47 Å². The Hall–Kier alpha value is -1.59. The van der Waals surface area contributed by atoms with Crippen molar-refractivity contribution in [2.45, 2.75) is 38.1 Å². The zero-order valence-electron chi connectivity index (χ0n) is 13.5. The van der Waals surface area contributed by atoms with Gasteiger partial charge in [0.05, 0.1) is 24.8 Å². The molecule has 0 radical (unpaired) electrons.